The summed E-state index contributed by atoms with van der Waals surface area (Å²) in [6, 6.07) is -0.565. The lowest BCUT2D eigenvalue weighted by molar-refractivity contribution is -0.124. The molecule has 8 N–H and O–H groups in total. The summed E-state index contributed by atoms with van der Waals surface area (Å²) < 4.78 is 53.7. The normalized spacial score (nSPS) is 11.3. The van der Waals surface area contributed by atoms with Crippen molar-refractivity contribution in [2.45, 2.75) is 136 Å². The first-order valence-electron chi connectivity index (χ1n) is 28.5. The van der Waals surface area contributed by atoms with E-state index in [0.29, 0.717) is 183 Å². The Morgan fingerprint density at radius 1 is 0.443 bits per heavy atom. The molecule has 0 spiro atoms. The summed E-state index contributed by atoms with van der Waals surface area (Å²) in [5.41, 5.74) is 17.8. The van der Waals surface area contributed by atoms with Crippen LogP contribution in [-0.4, -0.2) is 191 Å². The molecule has 0 bridgehead atoms. The molecule has 23 nitrogen and oxygen atoms in total. The number of ketones is 4. The standard InChI is InChI=1S/C47H86N6O16.C5H4.C4H8O.H2/c1-38(54)14-15-40(46(48)60)9-3-5-18-50-44(58)16-22-63-26-30-67-34-33-66-29-25-62-21-8-11-41(56)10-7-13-43(57)52-20-24-65-28-32-69-36-35-68-31-27-64-23-17-45(59)51-19-6-4-12-42(47(49)61)53-37-39(2)55;1-3-5-4-2;1-3-4(2)5;/h40,42,53H,3-37H2,1-2H3,(H2,48,60)(H2,49,61)(H,50,58)(H,51,59)(H,52,57);1-2H2;3H2,1-2H3;1H/t40-,42+;;;/m1.../s1/i;;;1+1D. The molecule has 0 fully saturated rings. The van der Waals surface area contributed by atoms with E-state index in [9.17, 15) is 43.2 Å². The molecule has 0 saturated carbocycles. The smallest absolute Gasteiger partial charge is 0.234 e. The summed E-state index contributed by atoms with van der Waals surface area (Å²) in [7, 11) is 0. The van der Waals surface area contributed by atoms with E-state index >= 15 is 0 Å². The van der Waals surface area contributed by atoms with Crippen molar-refractivity contribution >= 4 is 52.7 Å². The van der Waals surface area contributed by atoms with Crippen LogP contribution in [0.4, 0.5) is 0 Å². The summed E-state index contributed by atoms with van der Waals surface area (Å²) in [6.07, 6.45) is 7.92. The number of carbonyl (C=O) groups is 9. The van der Waals surface area contributed by atoms with Gasteiger partial charge in [-0.1, -0.05) is 24.8 Å². The summed E-state index contributed by atoms with van der Waals surface area (Å²) in [4.78, 5) is 103. The van der Waals surface area contributed by atoms with Crippen molar-refractivity contribution in [3.63, 3.8) is 0 Å². The summed E-state index contributed by atoms with van der Waals surface area (Å²) in [5.74, 6) is -1.27. The van der Waals surface area contributed by atoms with Gasteiger partial charge in [-0.05, 0) is 91.0 Å². The van der Waals surface area contributed by atoms with Gasteiger partial charge in [0.2, 0.25) is 29.5 Å². The van der Waals surface area contributed by atoms with Crippen molar-refractivity contribution in [2.75, 3.05) is 132 Å². The highest BCUT2D eigenvalue weighted by Gasteiger charge is 2.16. The van der Waals surface area contributed by atoms with Gasteiger partial charge in [0, 0.05) is 80.1 Å². The summed E-state index contributed by atoms with van der Waals surface area (Å²) in [6.45, 7) is 20.1. The van der Waals surface area contributed by atoms with Crippen molar-refractivity contribution in [3.8, 4) is 0 Å². The van der Waals surface area contributed by atoms with Gasteiger partial charge in [0.15, 0.2) is 0 Å². The molecule has 0 aromatic carbocycles. The maximum Gasteiger partial charge on any atom is 0.234 e. The zero-order chi connectivity index (χ0) is 61.4. The first kappa shape index (κ1) is 75.8. The van der Waals surface area contributed by atoms with Crippen LogP contribution >= 0.6 is 0 Å². The number of hydrogen-bond donors (Lipinski definition) is 6. The molecule has 0 radical (unpaired) electrons. The number of nitrogens with one attached hydrogen (secondary N) is 4. The third-order valence-electron chi connectivity index (χ3n) is 10.8. The zero-order valence-electron chi connectivity index (χ0n) is 50.1. The van der Waals surface area contributed by atoms with E-state index in [2.05, 4.69) is 51.6 Å². The highest BCUT2D eigenvalue weighted by atomic mass is 16.6. The number of primary amides is 2. The van der Waals surface area contributed by atoms with E-state index < -0.39 is 17.9 Å². The largest absolute Gasteiger partial charge is 0.379 e. The highest BCUT2D eigenvalue weighted by molar-refractivity contribution is 5.82. The van der Waals surface area contributed by atoms with Gasteiger partial charge in [-0.15, -0.1) is 0 Å². The van der Waals surface area contributed by atoms with Gasteiger partial charge in [0.25, 0.3) is 0 Å². The predicted octanol–water partition coefficient (Wildman–Crippen LogP) is 3.11. The molecule has 0 unspecified atom stereocenters. The predicted molar refractivity (Wildman–Crippen MR) is 300 cm³/mol. The van der Waals surface area contributed by atoms with Gasteiger partial charge < -0.3 is 74.9 Å². The number of ether oxygens (including phenoxy) is 8. The SMILES string of the molecule is C=C=C=C=C.CC(=O)CC[C@@H](CCCCNC(=O)CCOCCOCCOCCOCCCC(=O)CCCC(=O)NCCOCCOCCOCCOCCC(=O)NCCCC[C@H](NCC(C)=O)C(N)=O)C(N)=O.CCC(C)=O.[2H][2H]. The average molecular weight is 1130 g/mol. The van der Waals surface area contributed by atoms with Gasteiger partial charge >= 0.3 is 0 Å². The fourth-order valence-corrected chi connectivity index (χ4v) is 6.25. The molecular formula is C56H100N6O17. The molecule has 5 amide bonds. The van der Waals surface area contributed by atoms with Crippen molar-refractivity contribution in [3.05, 3.63) is 30.4 Å². The Kier molecular flexibility index (Phi) is 58.0. The van der Waals surface area contributed by atoms with Crippen molar-refractivity contribution in [2.24, 2.45) is 17.4 Å². The van der Waals surface area contributed by atoms with Gasteiger partial charge in [0.1, 0.15) is 23.1 Å². The molecular weight excluding hydrogens is 1030 g/mol. The molecule has 0 aromatic rings. The Hall–Kier alpha value is -5.25. The van der Waals surface area contributed by atoms with E-state index in [-0.39, 0.29) is 85.8 Å². The van der Waals surface area contributed by atoms with Gasteiger partial charge in [-0.25, -0.2) is 0 Å². The molecule has 0 aliphatic heterocycles. The summed E-state index contributed by atoms with van der Waals surface area (Å²) in [5, 5.41) is 11.3. The molecule has 0 heterocycles. The molecule has 0 saturated heterocycles. The van der Waals surface area contributed by atoms with Crippen molar-refractivity contribution in [1.29, 1.82) is 0 Å². The zero-order valence-corrected chi connectivity index (χ0v) is 48.1. The maximum absolute atomic E-state index is 12.2. The van der Waals surface area contributed by atoms with E-state index in [1.165, 1.54) is 13.8 Å². The summed E-state index contributed by atoms with van der Waals surface area (Å²) >= 11 is 0. The van der Waals surface area contributed by atoms with Gasteiger partial charge in [-0.3, -0.25) is 38.9 Å². The quantitative estimate of drug-likeness (QED) is 0.0376. The second-order valence-corrected chi connectivity index (χ2v) is 17.8. The maximum atomic E-state index is 12.2. The number of rotatable bonds is 54. The minimum Gasteiger partial charge on any atom is -0.379 e. The molecule has 456 valence electrons. The van der Waals surface area contributed by atoms with E-state index in [0.717, 1.165) is 12.8 Å². The first-order valence-corrected chi connectivity index (χ1v) is 27.5. The lowest BCUT2D eigenvalue weighted by Gasteiger charge is -2.14. The Morgan fingerprint density at radius 2 is 0.848 bits per heavy atom. The molecule has 0 aromatic heterocycles. The fraction of sp³-hybridized carbons (Fsp3) is 0.750. The van der Waals surface area contributed by atoms with Crippen LogP contribution in [0.25, 0.3) is 0 Å². The van der Waals surface area contributed by atoms with Crippen LogP contribution in [0.3, 0.4) is 0 Å². The molecule has 2 atom stereocenters. The van der Waals surface area contributed by atoms with Crippen LogP contribution in [0, 0.1) is 5.92 Å². The molecule has 0 rings (SSSR count). The van der Waals surface area contributed by atoms with Crippen LogP contribution in [0.5, 0.6) is 0 Å². The molecule has 0 aliphatic carbocycles. The third kappa shape index (κ3) is 65.2. The molecule has 79 heavy (non-hydrogen) atoms. The van der Waals surface area contributed by atoms with Crippen LogP contribution in [0.15, 0.2) is 30.4 Å². The van der Waals surface area contributed by atoms with Gasteiger partial charge in [-0.2, -0.15) is 0 Å². The molecule has 23 heteroatoms. The van der Waals surface area contributed by atoms with Crippen molar-refractivity contribution in [1.82, 2.24) is 21.3 Å². The van der Waals surface area contributed by atoms with Crippen LogP contribution in [0.1, 0.15) is 133 Å². The Labute approximate surface area is 472 Å². The highest BCUT2D eigenvalue weighted by Crippen LogP contribution is 2.15. The minimum atomic E-state index is -0.565. The first-order chi connectivity index (χ1) is 39.0. The average Bonchev–Trinajstić information content (AvgIpc) is 3.43. The minimum absolute atomic E-state index is 0.0369. The van der Waals surface area contributed by atoms with Crippen LogP contribution < -0.4 is 32.7 Å². The number of nitrogens with two attached hydrogens (primary N) is 2. The fourth-order valence-electron chi connectivity index (χ4n) is 6.25. The monoisotopic (exact) mass is 1130 g/mol. The van der Waals surface area contributed by atoms with E-state index in [4.69, 9.17) is 52.3 Å². The van der Waals surface area contributed by atoms with Crippen LogP contribution in [0.2, 0.25) is 0 Å². The van der Waals surface area contributed by atoms with E-state index in [1.807, 2.05) is 6.92 Å². The number of unbranched alkanes of at least 4 members (excludes halogenated alkanes) is 2. The van der Waals surface area contributed by atoms with E-state index in [1.54, 1.807) is 6.92 Å². The Bertz CT molecular complexity index is 1650. The number of carbonyl (C=O) groups excluding carboxylic acids is 9. The second-order valence-electron chi connectivity index (χ2n) is 17.8. The second kappa shape index (κ2) is 60.4. The van der Waals surface area contributed by atoms with Crippen LogP contribution in [-0.2, 0) is 81.0 Å². The lowest BCUT2D eigenvalue weighted by atomic mass is 9.95. The topological polar surface area (TPSA) is 328 Å². The van der Waals surface area contributed by atoms with Crippen molar-refractivity contribution < 1.29 is 84.0 Å². The number of hydrogen-bond acceptors (Lipinski definition) is 18. The third-order valence-corrected chi connectivity index (χ3v) is 10.8. The Balaban J connectivity index is -0.00000223. The molecule has 0 aliphatic rings. The van der Waals surface area contributed by atoms with Gasteiger partial charge in [0.05, 0.1) is 112 Å². The Morgan fingerprint density at radius 3 is 1.25 bits per heavy atom. The number of amides is 5. The number of Topliss-reactive ketones (excluding diaryl/α,β-unsaturated/α-hetero) is 4. The lowest BCUT2D eigenvalue weighted by Crippen LogP contribution is -2.43.